The Morgan fingerprint density at radius 2 is 1.79 bits per heavy atom. The SMILES string of the molecule is CC(C)(C)OC(=O)N1CC2CC(OCc3cccc(C4CCCC4)c3)C[C@H]2C1. The minimum absolute atomic E-state index is 0.164. The van der Waals surface area contributed by atoms with Gasteiger partial charge in [-0.2, -0.15) is 0 Å². The molecule has 1 saturated heterocycles. The van der Waals surface area contributed by atoms with Crippen molar-refractivity contribution in [1.82, 2.24) is 4.90 Å². The Labute approximate surface area is 169 Å². The van der Waals surface area contributed by atoms with E-state index < -0.39 is 5.60 Å². The average Bonchev–Trinajstić information content (AvgIpc) is 3.34. The number of nitrogens with zero attached hydrogens (tertiary/aromatic N) is 1. The molecular formula is C24H35NO3. The molecule has 3 atom stereocenters. The molecule has 1 aromatic carbocycles. The van der Waals surface area contributed by atoms with Crippen LogP contribution in [-0.4, -0.2) is 35.8 Å². The Balaban J connectivity index is 1.25. The first-order valence-corrected chi connectivity index (χ1v) is 11.1. The van der Waals surface area contributed by atoms with Gasteiger partial charge in [0, 0.05) is 13.1 Å². The number of amides is 1. The fourth-order valence-corrected chi connectivity index (χ4v) is 5.27. The highest BCUT2D eigenvalue weighted by molar-refractivity contribution is 5.68. The van der Waals surface area contributed by atoms with Gasteiger partial charge in [0.25, 0.3) is 0 Å². The second-order valence-corrected chi connectivity index (χ2v) is 10.0. The van der Waals surface area contributed by atoms with Gasteiger partial charge in [0.2, 0.25) is 0 Å². The predicted molar refractivity (Wildman–Crippen MR) is 110 cm³/mol. The molecule has 1 aliphatic heterocycles. The van der Waals surface area contributed by atoms with Crippen molar-refractivity contribution in [2.45, 2.75) is 83.5 Å². The van der Waals surface area contributed by atoms with Crippen molar-refractivity contribution in [2.75, 3.05) is 13.1 Å². The molecule has 1 aromatic rings. The molecule has 0 aromatic heterocycles. The number of hydrogen-bond donors (Lipinski definition) is 0. The largest absolute Gasteiger partial charge is 0.444 e. The molecule has 2 aliphatic carbocycles. The topological polar surface area (TPSA) is 38.8 Å². The zero-order valence-corrected chi connectivity index (χ0v) is 17.7. The van der Waals surface area contributed by atoms with Gasteiger partial charge in [0.15, 0.2) is 0 Å². The summed E-state index contributed by atoms with van der Waals surface area (Å²) in [6, 6.07) is 9.02. The van der Waals surface area contributed by atoms with E-state index in [1.807, 2.05) is 25.7 Å². The van der Waals surface area contributed by atoms with Crippen molar-refractivity contribution >= 4 is 6.09 Å². The number of fused-ring (bicyclic) bond motifs is 1. The standard InChI is InChI=1S/C24H35NO3/c1-24(2,3)28-23(26)25-14-20-12-22(13-21(20)15-25)27-16-17-7-6-10-19(11-17)18-8-4-5-9-18/h6-7,10-11,18,20-22H,4-5,8-9,12-16H2,1-3H3/t20-,21?,22?/m0/s1. The second kappa shape index (κ2) is 8.06. The van der Waals surface area contributed by atoms with Crippen molar-refractivity contribution in [1.29, 1.82) is 0 Å². The maximum atomic E-state index is 12.3. The lowest BCUT2D eigenvalue weighted by atomic mass is 9.96. The first-order valence-electron chi connectivity index (χ1n) is 11.1. The first kappa shape index (κ1) is 19.8. The molecule has 1 heterocycles. The summed E-state index contributed by atoms with van der Waals surface area (Å²) in [6.45, 7) is 8.11. The lowest BCUT2D eigenvalue weighted by Gasteiger charge is -2.25. The Kier molecular flexibility index (Phi) is 5.69. The Morgan fingerprint density at radius 1 is 1.11 bits per heavy atom. The molecule has 28 heavy (non-hydrogen) atoms. The number of hydrogen-bond acceptors (Lipinski definition) is 3. The molecular weight excluding hydrogens is 350 g/mol. The Bertz CT molecular complexity index is 675. The summed E-state index contributed by atoms with van der Waals surface area (Å²) in [6.07, 6.45) is 7.70. The molecule has 154 valence electrons. The zero-order chi connectivity index (χ0) is 19.7. The Morgan fingerprint density at radius 3 is 2.43 bits per heavy atom. The van der Waals surface area contributed by atoms with E-state index in [1.165, 1.54) is 36.8 Å². The van der Waals surface area contributed by atoms with Crippen LogP contribution in [-0.2, 0) is 16.1 Å². The molecule has 0 N–H and O–H groups in total. The Hall–Kier alpha value is -1.55. The van der Waals surface area contributed by atoms with E-state index in [0.717, 1.165) is 31.8 Å². The molecule has 2 unspecified atom stereocenters. The van der Waals surface area contributed by atoms with Crippen LogP contribution in [0.3, 0.4) is 0 Å². The third-order valence-electron chi connectivity index (χ3n) is 6.62. The highest BCUT2D eigenvalue weighted by Gasteiger charge is 2.43. The fourth-order valence-electron chi connectivity index (χ4n) is 5.27. The van der Waals surface area contributed by atoms with Crippen LogP contribution in [0, 0.1) is 11.8 Å². The third-order valence-corrected chi connectivity index (χ3v) is 6.62. The van der Waals surface area contributed by atoms with E-state index in [2.05, 4.69) is 24.3 Å². The van der Waals surface area contributed by atoms with Gasteiger partial charge >= 0.3 is 6.09 Å². The van der Waals surface area contributed by atoms with Gasteiger partial charge in [-0.1, -0.05) is 37.1 Å². The molecule has 3 fully saturated rings. The van der Waals surface area contributed by atoms with Crippen LogP contribution in [0.4, 0.5) is 4.79 Å². The van der Waals surface area contributed by atoms with Gasteiger partial charge in [0.1, 0.15) is 5.60 Å². The molecule has 3 aliphatic rings. The molecule has 0 spiro atoms. The van der Waals surface area contributed by atoms with Crippen LogP contribution in [0.2, 0.25) is 0 Å². The van der Waals surface area contributed by atoms with Crippen LogP contribution in [0.1, 0.15) is 76.3 Å². The average molecular weight is 386 g/mol. The van der Waals surface area contributed by atoms with Crippen molar-refractivity contribution in [3.8, 4) is 0 Å². The number of rotatable bonds is 4. The summed E-state index contributed by atoms with van der Waals surface area (Å²) in [4.78, 5) is 14.2. The minimum atomic E-state index is -0.423. The lowest BCUT2D eigenvalue weighted by molar-refractivity contribution is 0.0205. The number of carbonyl (C=O) groups excluding carboxylic acids is 1. The second-order valence-electron chi connectivity index (χ2n) is 10.0. The fraction of sp³-hybridized carbons (Fsp3) is 0.708. The lowest BCUT2D eigenvalue weighted by Crippen LogP contribution is -2.36. The van der Waals surface area contributed by atoms with E-state index >= 15 is 0 Å². The normalized spacial score (nSPS) is 28.0. The number of carbonyl (C=O) groups is 1. The summed E-state index contributed by atoms with van der Waals surface area (Å²) in [7, 11) is 0. The maximum absolute atomic E-state index is 12.3. The minimum Gasteiger partial charge on any atom is -0.444 e. The third kappa shape index (κ3) is 4.71. The monoisotopic (exact) mass is 385 g/mol. The van der Waals surface area contributed by atoms with E-state index in [0.29, 0.717) is 24.5 Å². The molecule has 4 nitrogen and oxygen atoms in total. The molecule has 2 saturated carbocycles. The highest BCUT2D eigenvalue weighted by Crippen LogP contribution is 2.40. The number of benzene rings is 1. The highest BCUT2D eigenvalue weighted by atomic mass is 16.6. The number of likely N-dealkylation sites (tertiary alicyclic amines) is 1. The van der Waals surface area contributed by atoms with Crippen molar-refractivity contribution in [2.24, 2.45) is 11.8 Å². The molecule has 0 bridgehead atoms. The van der Waals surface area contributed by atoms with Crippen molar-refractivity contribution in [3.63, 3.8) is 0 Å². The summed E-state index contributed by atoms with van der Waals surface area (Å²) in [5, 5.41) is 0. The van der Waals surface area contributed by atoms with Crippen LogP contribution < -0.4 is 0 Å². The van der Waals surface area contributed by atoms with Gasteiger partial charge in [-0.05, 0) is 75.3 Å². The summed E-state index contributed by atoms with van der Waals surface area (Å²) in [5.41, 5.74) is 2.37. The van der Waals surface area contributed by atoms with Crippen LogP contribution in [0.5, 0.6) is 0 Å². The molecule has 4 rings (SSSR count). The first-order chi connectivity index (χ1) is 13.4. The van der Waals surface area contributed by atoms with E-state index in [4.69, 9.17) is 9.47 Å². The molecule has 0 radical (unpaired) electrons. The van der Waals surface area contributed by atoms with Crippen LogP contribution in [0.15, 0.2) is 24.3 Å². The maximum Gasteiger partial charge on any atom is 0.410 e. The van der Waals surface area contributed by atoms with Gasteiger partial charge in [-0.3, -0.25) is 0 Å². The van der Waals surface area contributed by atoms with Crippen LogP contribution in [0.25, 0.3) is 0 Å². The van der Waals surface area contributed by atoms with E-state index in [9.17, 15) is 4.79 Å². The predicted octanol–water partition coefficient (Wildman–Crippen LogP) is 5.51. The van der Waals surface area contributed by atoms with E-state index in [-0.39, 0.29) is 6.09 Å². The van der Waals surface area contributed by atoms with Gasteiger partial charge < -0.3 is 14.4 Å². The van der Waals surface area contributed by atoms with Crippen molar-refractivity contribution < 1.29 is 14.3 Å². The smallest absolute Gasteiger partial charge is 0.410 e. The molecule has 1 amide bonds. The van der Waals surface area contributed by atoms with Gasteiger partial charge in [0.05, 0.1) is 12.7 Å². The number of ether oxygens (including phenoxy) is 2. The van der Waals surface area contributed by atoms with Gasteiger partial charge in [-0.25, -0.2) is 4.79 Å². The van der Waals surface area contributed by atoms with E-state index in [1.54, 1.807) is 0 Å². The van der Waals surface area contributed by atoms with Crippen molar-refractivity contribution in [3.05, 3.63) is 35.4 Å². The quantitative estimate of drug-likeness (QED) is 0.686. The summed E-state index contributed by atoms with van der Waals surface area (Å²) < 4.78 is 11.8. The summed E-state index contributed by atoms with van der Waals surface area (Å²) in [5.74, 6) is 1.87. The zero-order valence-electron chi connectivity index (χ0n) is 17.7. The van der Waals surface area contributed by atoms with Crippen LogP contribution >= 0.6 is 0 Å². The van der Waals surface area contributed by atoms with Gasteiger partial charge in [-0.15, -0.1) is 0 Å². The molecule has 4 heteroatoms. The summed E-state index contributed by atoms with van der Waals surface area (Å²) >= 11 is 0.